The molecular weight excluding hydrogens is 387 g/mol. The van der Waals surface area contributed by atoms with Crippen molar-refractivity contribution in [3.63, 3.8) is 0 Å². The number of aromatic amines is 1. The fourth-order valence-electron chi connectivity index (χ4n) is 2.39. The maximum absolute atomic E-state index is 14.1. The third-order valence-electron chi connectivity index (χ3n) is 3.72. The molecule has 1 amide bonds. The molecule has 0 aliphatic rings. The minimum atomic E-state index is -0.782. The smallest absolute Gasteiger partial charge is 0.275 e. The van der Waals surface area contributed by atoms with Gasteiger partial charge in [-0.1, -0.05) is 24.3 Å². The second-order valence-electron chi connectivity index (χ2n) is 5.50. The van der Waals surface area contributed by atoms with Crippen LogP contribution in [0.15, 0.2) is 58.4 Å². The van der Waals surface area contributed by atoms with E-state index in [2.05, 4.69) is 15.5 Å². The highest BCUT2D eigenvalue weighted by molar-refractivity contribution is 7.71. The summed E-state index contributed by atoms with van der Waals surface area (Å²) >= 11 is 5.00. The van der Waals surface area contributed by atoms with Crippen molar-refractivity contribution in [3.8, 4) is 17.3 Å². The van der Waals surface area contributed by atoms with Gasteiger partial charge in [-0.2, -0.15) is 5.10 Å². The minimum Gasteiger partial charge on any atom is -0.507 e. The van der Waals surface area contributed by atoms with E-state index in [1.807, 2.05) is 0 Å². The predicted octanol–water partition coefficient (Wildman–Crippen LogP) is 2.21. The van der Waals surface area contributed by atoms with Gasteiger partial charge in [-0.25, -0.2) is 9.82 Å². The van der Waals surface area contributed by atoms with Crippen LogP contribution in [-0.2, 0) is 0 Å². The molecule has 3 aromatic rings. The average molecular weight is 400 g/mol. The van der Waals surface area contributed by atoms with Crippen LogP contribution in [0.3, 0.4) is 0 Å². The van der Waals surface area contributed by atoms with Crippen molar-refractivity contribution < 1.29 is 19.4 Å². The summed E-state index contributed by atoms with van der Waals surface area (Å²) in [6.45, 7) is 0. The number of hydrogen-bond donors (Lipinski definition) is 4. The number of para-hydroxylation sites is 2. The van der Waals surface area contributed by atoms with Gasteiger partial charge in [0.05, 0.1) is 17.5 Å². The Morgan fingerprint density at radius 3 is 2.57 bits per heavy atom. The molecule has 8 nitrogen and oxygen atoms in total. The van der Waals surface area contributed by atoms with E-state index in [1.54, 1.807) is 12.1 Å². The van der Waals surface area contributed by atoms with E-state index in [0.29, 0.717) is 0 Å². The zero-order valence-corrected chi connectivity index (χ0v) is 14.9. The molecule has 4 N–H and O–H groups in total. The Kier molecular flexibility index (Phi) is 5.32. The molecule has 0 fully saturated rings. The summed E-state index contributed by atoms with van der Waals surface area (Å²) in [5.41, 5.74) is 0.888. The van der Waals surface area contributed by atoms with Crippen LogP contribution >= 0.6 is 12.2 Å². The first-order valence-corrected chi connectivity index (χ1v) is 8.25. The topological polar surface area (TPSA) is 120 Å². The van der Waals surface area contributed by atoms with Crippen molar-refractivity contribution in [2.24, 2.45) is 5.10 Å². The molecule has 0 aliphatic heterocycles. The lowest BCUT2D eigenvalue weighted by atomic mass is 10.2. The van der Waals surface area contributed by atoms with Crippen LogP contribution in [0.25, 0.3) is 5.69 Å². The zero-order chi connectivity index (χ0) is 20.3. The molecule has 10 heteroatoms. The number of nitrogens with one attached hydrogen (secondary N) is 2. The van der Waals surface area contributed by atoms with Gasteiger partial charge in [-0.15, -0.1) is 0 Å². The van der Waals surface area contributed by atoms with Crippen molar-refractivity contribution in [1.29, 1.82) is 0 Å². The molecule has 0 radical (unpaired) electrons. The van der Waals surface area contributed by atoms with E-state index in [0.717, 1.165) is 10.8 Å². The van der Waals surface area contributed by atoms with Gasteiger partial charge in [-0.3, -0.25) is 19.1 Å². The zero-order valence-electron chi connectivity index (χ0n) is 14.1. The number of rotatable bonds is 4. The van der Waals surface area contributed by atoms with Crippen LogP contribution in [0.5, 0.6) is 11.6 Å². The van der Waals surface area contributed by atoms with Gasteiger partial charge < -0.3 is 10.2 Å². The third-order valence-corrected chi connectivity index (χ3v) is 4.01. The third kappa shape index (κ3) is 3.67. The Bertz CT molecular complexity index is 1200. The molecule has 142 valence electrons. The Labute approximate surface area is 162 Å². The SMILES string of the molecule is O=C(N/N=C/c1c(O)n(-c2ccccc2F)c(=S)[nH]c1=O)c1ccccc1O. The average Bonchev–Trinajstić information content (AvgIpc) is 2.66. The van der Waals surface area contributed by atoms with E-state index in [-0.39, 0.29) is 27.3 Å². The lowest BCUT2D eigenvalue weighted by Crippen LogP contribution is -2.21. The monoisotopic (exact) mass is 400 g/mol. The molecule has 0 aliphatic carbocycles. The van der Waals surface area contributed by atoms with Gasteiger partial charge in [0.25, 0.3) is 11.5 Å². The van der Waals surface area contributed by atoms with Crippen molar-refractivity contribution in [3.05, 3.63) is 80.6 Å². The first-order valence-electron chi connectivity index (χ1n) is 7.84. The number of benzene rings is 2. The number of halogens is 1. The number of amides is 1. The molecule has 0 unspecified atom stereocenters. The van der Waals surface area contributed by atoms with Crippen molar-refractivity contribution in [1.82, 2.24) is 15.0 Å². The molecule has 0 bridgehead atoms. The van der Waals surface area contributed by atoms with Crippen LogP contribution in [0.4, 0.5) is 4.39 Å². The Morgan fingerprint density at radius 2 is 1.86 bits per heavy atom. The summed E-state index contributed by atoms with van der Waals surface area (Å²) in [5, 5.41) is 23.7. The van der Waals surface area contributed by atoms with E-state index < -0.39 is 23.2 Å². The maximum atomic E-state index is 14.1. The maximum Gasteiger partial charge on any atom is 0.275 e. The molecule has 3 rings (SSSR count). The van der Waals surface area contributed by atoms with Crippen LogP contribution < -0.4 is 11.0 Å². The number of hydrogen-bond acceptors (Lipinski definition) is 6. The molecule has 1 heterocycles. The number of carbonyl (C=O) groups is 1. The highest BCUT2D eigenvalue weighted by atomic mass is 32.1. The molecule has 28 heavy (non-hydrogen) atoms. The Balaban J connectivity index is 1.96. The van der Waals surface area contributed by atoms with Gasteiger partial charge in [0.1, 0.15) is 17.1 Å². The molecule has 0 saturated heterocycles. The highest BCUT2D eigenvalue weighted by Crippen LogP contribution is 2.21. The summed E-state index contributed by atoms with van der Waals surface area (Å²) < 4.78 is 14.8. The number of nitrogens with zero attached hydrogens (tertiary/aromatic N) is 2. The largest absolute Gasteiger partial charge is 0.507 e. The van der Waals surface area contributed by atoms with Gasteiger partial charge in [0.15, 0.2) is 4.77 Å². The molecule has 2 aromatic carbocycles. The quantitative estimate of drug-likeness (QED) is 0.304. The van der Waals surface area contributed by atoms with Gasteiger partial charge in [-0.05, 0) is 36.5 Å². The second-order valence-corrected chi connectivity index (χ2v) is 5.89. The number of hydrazone groups is 1. The van der Waals surface area contributed by atoms with Crippen LogP contribution in [0.2, 0.25) is 0 Å². The molecule has 1 aromatic heterocycles. The summed E-state index contributed by atoms with van der Waals surface area (Å²) in [6, 6.07) is 11.3. The molecule has 0 atom stereocenters. The lowest BCUT2D eigenvalue weighted by Gasteiger charge is -2.11. The van der Waals surface area contributed by atoms with Crippen LogP contribution in [0.1, 0.15) is 15.9 Å². The van der Waals surface area contributed by atoms with Crippen molar-refractivity contribution >= 4 is 24.3 Å². The summed E-state index contributed by atoms with van der Waals surface area (Å²) in [6.07, 6.45) is 0.887. The van der Waals surface area contributed by atoms with Crippen LogP contribution in [-0.4, -0.2) is 31.9 Å². The Hall–Kier alpha value is -3.79. The number of aromatic nitrogens is 2. The van der Waals surface area contributed by atoms with Gasteiger partial charge >= 0.3 is 0 Å². The number of carbonyl (C=O) groups excluding carboxylic acids is 1. The highest BCUT2D eigenvalue weighted by Gasteiger charge is 2.15. The van der Waals surface area contributed by atoms with Gasteiger partial charge in [0, 0.05) is 0 Å². The predicted molar refractivity (Wildman–Crippen MR) is 102 cm³/mol. The lowest BCUT2D eigenvalue weighted by molar-refractivity contribution is 0.0952. The van der Waals surface area contributed by atoms with Crippen LogP contribution in [0, 0.1) is 10.6 Å². The van der Waals surface area contributed by atoms with E-state index >= 15 is 0 Å². The fourth-order valence-corrected chi connectivity index (χ4v) is 2.67. The molecular formula is C18H13FN4O4S. The van der Waals surface area contributed by atoms with Crippen molar-refractivity contribution in [2.75, 3.05) is 0 Å². The normalized spacial score (nSPS) is 10.9. The minimum absolute atomic E-state index is 0.0277. The number of H-pyrrole nitrogens is 1. The number of phenolic OH excluding ortho intramolecular Hbond substituents is 1. The molecule has 0 spiro atoms. The van der Waals surface area contributed by atoms with E-state index in [1.165, 1.54) is 36.4 Å². The number of phenols is 1. The Morgan fingerprint density at radius 1 is 1.18 bits per heavy atom. The summed E-state index contributed by atoms with van der Waals surface area (Å²) in [7, 11) is 0. The summed E-state index contributed by atoms with van der Waals surface area (Å²) in [5.74, 6) is -2.30. The fraction of sp³-hybridized carbons (Fsp3) is 0. The van der Waals surface area contributed by atoms with E-state index in [9.17, 15) is 24.2 Å². The number of aromatic hydroxyl groups is 2. The van der Waals surface area contributed by atoms with Gasteiger partial charge in [0.2, 0.25) is 5.88 Å². The first-order chi connectivity index (χ1) is 13.4. The van der Waals surface area contributed by atoms with E-state index in [4.69, 9.17) is 12.2 Å². The van der Waals surface area contributed by atoms with Crippen molar-refractivity contribution in [2.45, 2.75) is 0 Å². The standard InChI is InChI=1S/C18H13FN4O4S/c19-12-6-2-3-7-13(12)23-17(27)11(15(25)21-18(23)28)9-20-22-16(26)10-5-1-4-8-14(10)24/h1-9,24,27H,(H,22,26)(H,21,25,28)/b20-9+. The summed E-state index contributed by atoms with van der Waals surface area (Å²) in [4.78, 5) is 26.4. The first kappa shape index (κ1) is 19.0. The second kappa shape index (κ2) is 7.84. The molecule has 0 saturated carbocycles.